The summed E-state index contributed by atoms with van der Waals surface area (Å²) in [5.41, 5.74) is 5.56. The van der Waals surface area contributed by atoms with Gasteiger partial charge in [-0.2, -0.15) is 4.31 Å². The number of rotatable bonds is 3. The Morgan fingerprint density at radius 1 is 1.47 bits per heavy atom. The lowest BCUT2D eigenvalue weighted by atomic mass is 10.1. The van der Waals surface area contributed by atoms with Gasteiger partial charge in [0.05, 0.1) is 4.90 Å². The smallest absolute Gasteiger partial charge is 0.243 e. The lowest BCUT2D eigenvalue weighted by molar-refractivity contribution is 0.190. The minimum atomic E-state index is -3.46. The van der Waals surface area contributed by atoms with Crippen molar-refractivity contribution < 1.29 is 8.42 Å². The van der Waals surface area contributed by atoms with E-state index in [0.717, 1.165) is 12.8 Å². The molecule has 1 atom stereocenters. The van der Waals surface area contributed by atoms with Crippen LogP contribution >= 0.6 is 0 Å². The van der Waals surface area contributed by atoms with Crippen LogP contribution in [0.2, 0.25) is 0 Å². The van der Waals surface area contributed by atoms with Gasteiger partial charge in [-0.25, -0.2) is 13.4 Å². The van der Waals surface area contributed by atoms with Crippen LogP contribution in [0.25, 0.3) is 0 Å². The molecule has 0 radical (unpaired) electrons. The van der Waals surface area contributed by atoms with Gasteiger partial charge in [0, 0.05) is 31.4 Å². The van der Waals surface area contributed by atoms with E-state index in [-0.39, 0.29) is 16.8 Å². The maximum absolute atomic E-state index is 12.5. The van der Waals surface area contributed by atoms with Crippen molar-refractivity contribution in [2.75, 3.05) is 32.9 Å². The lowest BCUT2D eigenvalue weighted by Crippen LogP contribution is -2.47. The van der Waals surface area contributed by atoms with Crippen molar-refractivity contribution in [1.29, 1.82) is 0 Å². The second-order valence-electron chi connectivity index (χ2n) is 5.04. The lowest BCUT2D eigenvalue weighted by Gasteiger charge is -2.35. The number of likely N-dealkylation sites (N-methyl/N-ethyl adjacent to an activating group) is 1. The van der Waals surface area contributed by atoms with Crippen LogP contribution in [0, 0.1) is 0 Å². The van der Waals surface area contributed by atoms with Crippen molar-refractivity contribution in [3.8, 4) is 0 Å². The predicted octanol–water partition coefficient (Wildman–Crippen LogP) is 0.378. The second-order valence-corrected chi connectivity index (χ2v) is 6.98. The number of hydrogen-bond donors (Lipinski definition) is 1. The molecule has 106 valence electrons. The number of anilines is 1. The Bertz CT molecular complexity index is 544. The third-order valence-corrected chi connectivity index (χ3v) is 5.34. The van der Waals surface area contributed by atoms with Crippen molar-refractivity contribution >= 4 is 15.8 Å². The fraction of sp³-hybridized carbons (Fsp3) is 0.583. The molecule has 0 amide bonds. The largest absolute Gasteiger partial charge is 0.384 e. The van der Waals surface area contributed by atoms with Gasteiger partial charge in [0.1, 0.15) is 5.82 Å². The van der Waals surface area contributed by atoms with Gasteiger partial charge in [-0.1, -0.05) is 0 Å². The van der Waals surface area contributed by atoms with Gasteiger partial charge >= 0.3 is 0 Å². The summed E-state index contributed by atoms with van der Waals surface area (Å²) in [6.07, 6.45) is 3.33. The number of aromatic nitrogens is 1. The number of hydrogen-bond acceptors (Lipinski definition) is 5. The Balaban J connectivity index is 2.24. The molecule has 6 nitrogen and oxygen atoms in total. The maximum Gasteiger partial charge on any atom is 0.243 e. The van der Waals surface area contributed by atoms with Crippen LogP contribution < -0.4 is 5.73 Å². The van der Waals surface area contributed by atoms with Crippen molar-refractivity contribution in [1.82, 2.24) is 14.2 Å². The molecule has 0 aliphatic carbocycles. The van der Waals surface area contributed by atoms with Crippen molar-refractivity contribution in [2.45, 2.75) is 23.8 Å². The zero-order valence-electron chi connectivity index (χ0n) is 11.3. The first-order valence-electron chi connectivity index (χ1n) is 6.29. The highest BCUT2D eigenvalue weighted by atomic mass is 32.2. The highest BCUT2D eigenvalue weighted by Crippen LogP contribution is 2.22. The van der Waals surface area contributed by atoms with E-state index in [2.05, 4.69) is 9.88 Å². The SMILES string of the molecule is CN(C)C1CCCN(S(=O)(=O)c2ccnc(N)c2)C1. The molecule has 0 spiro atoms. The number of pyridine rings is 1. The van der Waals surface area contributed by atoms with Gasteiger partial charge in [0.2, 0.25) is 10.0 Å². The third kappa shape index (κ3) is 3.05. The highest BCUT2D eigenvalue weighted by Gasteiger charge is 2.31. The molecular formula is C12H20N4O2S. The molecule has 2 N–H and O–H groups in total. The Morgan fingerprint density at radius 3 is 2.84 bits per heavy atom. The minimum absolute atomic E-state index is 0.222. The topological polar surface area (TPSA) is 79.5 Å². The van der Waals surface area contributed by atoms with E-state index in [1.165, 1.54) is 22.6 Å². The number of nitrogens with two attached hydrogens (primary N) is 1. The first kappa shape index (κ1) is 14.2. The molecule has 7 heteroatoms. The average Bonchev–Trinajstić information content (AvgIpc) is 2.39. The number of piperidine rings is 1. The molecule has 0 aromatic carbocycles. The van der Waals surface area contributed by atoms with Crippen molar-refractivity contribution in [3.05, 3.63) is 18.3 Å². The summed E-state index contributed by atoms with van der Waals surface area (Å²) >= 11 is 0. The molecule has 1 saturated heterocycles. The standard InChI is InChI=1S/C12H20N4O2S/c1-15(2)10-4-3-7-16(9-10)19(17,18)11-5-6-14-12(13)8-11/h5-6,8,10H,3-4,7,9H2,1-2H3,(H2,13,14). The van der Waals surface area contributed by atoms with E-state index in [1.807, 2.05) is 14.1 Å². The molecule has 2 rings (SSSR count). The van der Waals surface area contributed by atoms with E-state index in [9.17, 15) is 8.42 Å². The van der Waals surface area contributed by atoms with Gasteiger partial charge in [0.25, 0.3) is 0 Å². The molecule has 0 bridgehead atoms. The monoisotopic (exact) mass is 284 g/mol. The first-order valence-corrected chi connectivity index (χ1v) is 7.73. The summed E-state index contributed by atoms with van der Waals surface area (Å²) in [7, 11) is 0.490. The molecule has 1 aromatic heterocycles. The van der Waals surface area contributed by atoms with Crippen LogP contribution in [-0.4, -0.2) is 55.8 Å². The fourth-order valence-electron chi connectivity index (χ4n) is 2.30. The summed E-state index contributed by atoms with van der Waals surface area (Å²) in [4.78, 5) is 6.12. The summed E-state index contributed by atoms with van der Waals surface area (Å²) in [6, 6.07) is 3.17. The van der Waals surface area contributed by atoms with Crippen LogP contribution in [0.1, 0.15) is 12.8 Å². The van der Waals surface area contributed by atoms with Gasteiger partial charge < -0.3 is 10.6 Å². The van der Waals surface area contributed by atoms with Crippen molar-refractivity contribution in [2.24, 2.45) is 0 Å². The second kappa shape index (κ2) is 5.44. The van der Waals surface area contributed by atoms with E-state index >= 15 is 0 Å². The van der Waals surface area contributed by atoms with E-state index in [4.69, 9.17) is 5.73 Å². The molecule has 19 heavy (non-hydrogen) atoms. The van der Waals surface area contributed by atoms with Gasteiger partial charge in [-0.3, -0.25) is 0 Å². The van der Waals surface area contributed by atoms with Crippen LogP contribution in [-0.2, 0) is 10.0 Å². The van der Waals surface area contributed by atoms with E-state index in [1.54, 1.807) is 0 Å². The molecule has 1 aliphatic heterocycles. The van der Waals surface area contributed by atoms with Crippen LogP contribution in [0.3, 0.4) is 0 Å². The Labute approximate surface area is 114 Å². The first-order chi connectivity index (χ1) is 8.91. The molecular weight excluding hydrogens is 264 g/mol. The summed E-state index contributed by atoms with van der Waals surface area (Å²) in [6.45, 7) is 1.09. The fourth-order valence-corrected chi connectivity index (χ4v) is 3.84. The number of nitrogens with zero attached hydrogens (tertiary/aromatic N) is 3. The molecule has 0 saturated carbocycles. The third-order valence-electron chi connectivity index (χ3n) is 3.48. The zero-order chi connectivity index (χ0) is 14.0. The molecule has 1 aromatic rings. The summed E-state index contributed by atoms with van der Waals surface area (Å²) < 4.78 is 26.6. The Hall–Kier alpha value is -1.18. The summed E-state index contributed by atoms with van der Waals surface area (Å²) in [5, 5.41) is 0. The van der Waals surface area contributed by atoms with Crippen LogP contribution in [0.5, 0.6) is 0 Å². The predicted molar refractivity (Wildman–Crippen MR) is 74.1 cm³/mol. The maximum atomic E-state index is 12.5. The van der Waals surface area contributed by atoms with Crippen molar-refractivity contribution in [3.63, 3.8) is 0 Å². The minimum Gasteiger partial charge on any atom is -0.384 e. The van der Waals surface area contributed by atoms with Gasteiger partial charge in [0.15, 0.2) is 0 Å². The molecule has 2 heterocycles. The normalized spacial score (nSPS) is 21.7. The molecule has 1 aliphatic rings. The Kier molecular flexibility index (Phi) is 4.07. The van der Waals surface area contributed by atoms with E-state index < -0.39 is 10.0 Å². The average molecular weight is 284 g/mol. The van der Waals surface area contributed by atoms with Crippen LogP contribution in [0.4, 0.5) is 5.82 Å². The highest BCUT2D eigenvalue weighted by molar-refractivity contribution is 7.89. The molecule has 1 unspecified atom stereocenters. The van der Waals surface area contributed by atoms with Gasteiger partial charge in [-0.15, -0.1) is 0 Å². The molecule has 1 fully saturated rings. The number of sulfonamides is 1. The summed E-state index contributed by atoms with van der Waals surface area (Å²) in [5.74, 6) is 0.224. The number of nitrogen functional groups attached to an aromatic ring is 1. The van der Waals surface area contributed by atoms with Crippen LogP contribution in [0.15, 0.2) is 23.2 Å². The van der Waals surface area contributed by atoms with E-state index in [0.29, 0.717) is 13.1 Å². The van der Waals surface area contributed by atoms with Gasteiger partial charge in [-0.05, 0) is 33.0 Å². The zero-order valence-corrected chi connectivity index (χ0v) is 12.1. The Morgan fingerprint density at radius 2 is 2.21 bits per heavy atom. The quantitative estimate of drug-likeness (QED) is 0.868.